The minimum Gasteiger partial charge on any atom is -0.462 e. The molecule has 0 aromatic heterocycles. The van der Waals surface area contributed by atoms with E-state index in [4.69, 9.17) is 4.74 Å². The van der Waals surface area contributed by atoms with E-state index in [2.05, 4.69) is 27.7 Å². The number of Topliss-reactive ketones (excluding diaryl/α,β-unsaturated/α-hetero) is 1. The molecule has 4 rings (SSSR count). The minimum absolute atomic E-state index is 0.0106. The van der Waals surface area contributed by atoms with E-state index in [1.807, 2.05) is 6.92 Å². The quantitative estimate of drug-likeness (QED) is 0.438. The van der Waals surface area contributed by atoms with Crippen molar-refractivity contribution in [2.75, 3.05) is 0 Å². The van der Waals surface area contributed by atoms with Crippen molar-refractivity contribution in [3.05, 3.63) is 0 Å². The molecule has 4 fully saturated rings. The molecule has 0 aromatic carbocycles. The van der Waals surface area contributed by atoms with Gasteiger partial charge in [-0.1, -0.05) is 47.5 Å². The SMILES string of the molecule is CCC1(C)CCC[C@@]2(C)C1CC[C@]1(C)C2C[C@H](O)[C@@]2(C)C1C[C@@H](OC(C)=O)[C@@H](C(C)=O)[C@@H]2C=O. The summed E-state index contributed by atoms with van der Waals surface area (Å²) in [7, 11) is 0. The molecule has 0 spiro atoms. The van der Waals surface area contributed by atoms with Crippen LogP contribution in [0.25, 0.3) is 0 Å². The lowest BCUT2D eigenvalue weighted by Gasteiger charge is -2.71. The van der Waals surface area contributed by atoms with Crippen LogP contribution in [0.4, 0.5) is 0 Å². The lowest BCUT2D eigenvalue weighted by molar-refractivity contribution is -0.259. The molecule has 4 saturated carbocycles. The minimum atomic E-state index is -0.702. The smallest absolute Gasteiger partial charge is 0.302 e. The number of ether oxygens (including phenoxy) is 1. The molecule has 0 amide bonds. The second-order valence-corrected chi connectivity index (χ2v) is 13.4. The number of hydrogen-bond acceptors (Lipinski definition) is 5. The Kier molecular flexibility index (Phi) is 6.40. The van der Waals surface area contributed by atoms with Gasteiger partial charge in [0.05, 0.1) is 12.0 Å². The maximum atomic E-state index is 12.8. The fourth-order valence-corrected chi connectivity index (χ4v) is 10.3. The largest absolute Gasteiger partial charge is 0.462 e. The van der Waals surface area contributed by atoms with Crippen LogP contribution in [0.5, 0.6) is 0 Å². The molecule has 5 heteroatoms. The highest BCUT2D eigenvalue weighted by molar-refractivity contribution is 5.83. The summed E-state index contributed by atoms with van der Waals surface area (Å²) in [6.45, 7) is 14.6. The monoisotopic (exact) mass is 474 g/mol. The third-order valence-electron chi connectivity index (χ3n) is 12.1. The van der Waals surface area contributed by atoms with E-state index in [0.717, 1.165) is 19.1 Å². The number of esters is 1. The Hall–Kier alpha value is -1.23. The number of fused-ring (bicyclic) bond motifs is 5. The van der Waals surface area contributed by atoms with Crippen LogP contribution in [-0.2, 0) is 19.1 Å². The Balaban J connectivity index is 1.81. The van der Waals surface area contributed by atoms with E-state index in [-0.39, 0.29) is 22.5 Å². The highest BCUT2D eigenvalue weighted by Gasteiger charge is 2.70. The number of carbonyl (C=O) groups is 3. The molecule has 4 unspecified atom stereocenters. The van der Waals surface area contributed by atoms with Crippen LogP contribution in [-0.4, -0.2) is 35.4 Å². The number of rotatable bonds is 4. The van der Waals surface area contributed by atoms with E-state index < -0.39 is 35.4 Å². The molecule has 0 saturated heterocycles. The topological polar surface area (TPSA) is 80.7 Å². The Morgan fingerprint density at radius 1 is 0.971 bits per heavy atom. The van der Waals surface area contributed by atoms with E-state index in [9.17, 15) is 19.5 Å². The van der Waals surface area contributed by atoms with Crippen molar-refractivity contribution < 1.29 is 24.2 Å². The summed E-state index contributed by atoms with van der Waals surface area (Å²) in [6.07, 6.45) is 7.93. The van der Waals surface area contributed by atoms with Crippen molar-refractivity contribution >= 4 is 18.0 Å². The number of aldehydes is 1. The average Bonchev–Trinajstić information content (AvgIpc) is 2.75. The summed E-state index contributed by atoms with van der Waals surface area (Å²) >= 11 is 0. The van der Waals surface area contributed by atoms with Crippen LogP contribution in [0, 0.1) is 51.2 Å². The summed E-state index contributed by atoms with van der Waals surface area (Å²) in [5, 5.41) is 11.8. The predicted molar refractivity (Wildman–Crippen MR) is 131 cm³/mol. The molecular weight excluding hydrogens is 428 g/mol. The van der Waals surface area contributed by atoms with Crippen molar-refractivity contribution in [1.29, 1.82) is 0 Å². The van der Waals surface area contributed by atoms with Crippen LogP contribution in [0.1, 0.15) is 99.8 Å². The second kappa shape index (κ2) is 8.42. The first kappa shape index (κ1) is 25.9. The van der Waals surface area contributed by atoms with Gasteiger partial charge in [-0.05, 0) is 79.4 Å². The van der Waals surface area contributed by atoms with Crippen LogP contribution in [0.3, 0.4) is 0 Å². The fourth-order valence-electron chi connectivity index (χ4n) is 10.3. The maximum absolute atomic E-state index is 12.8. The Morgan fingerprint density at radius 3 is 2.18 bits per heavy atom. The molecule has 1 N–H and O–H groups in total. The van der Waals surface area contributed by atoms with Gasteiger partial charge in [0.25, 0.3) is 0 Å². The number of hydrogen-bond donors (Lipinski definition) is 1. The van der Waals surface area contributed by atoms with Crippen molar-refractivity contribution in [3.63, 3.8) is 0 Å². The zero-order valence-electron chi connectivity index (χ0n) is 22.4. The molecule has 5 nitrogen and oxygen atoms in total. The highest BCUT2D eigenvalue weighted by atomic mass is 16.5. The molecule has 0 radical (unpaired) electrons. The molecule has 4 aliphatic rings. The van der Waals surface area contributed by atoms with Gasteiger partial charge in [-0.2, -0.15) is 0 Å². The zero-order valence-corrected chi connectivity index (χ0v) is 22.4. The van der Waals surface area contributed by atoms with E-state index in [1.54, 1.807) is 0 Å². The highest BCUT2D eigenvalue weighted by Crippen LogP contribution is 2.73. The molecule has 0 aromatic rings. The molecule has 192 valence electrons. The van der Waals surface area contributed by atoms with Crippen LogP contribution in [0.15, 0.2) is 0 Å². The summed E-state index contributed by atoms with van der Waals surface area (Å²) in [6, 6.07) is 0. The Labute approximate surface area is 205 Å². The first-order chi connectivity index (χ1) is 15.8. The van der Waals surface area contributed by atoms with Gasteiger partial charge in [-0.3, -0.25) is 9.59 Å². The normalized spacial score (nSPS) is 52.5. The van der Waals surface area contributed by atoms with Gasteiger partial charge in [-0.25, -0.2) is 0 Å². The molecule has 0 bridgehead atoms. The lowest BCUT2D eigenvalue weighted by atomic mass is 9.33. The predicted octanol–water partition coefficient (Wildman–Crippen LogP) is 5.37. The molecule has 0 aliphatic heterocycles. The van der Waals surface area contributed by atoms with E-state index in [0.29, 0.717) is 30.1 Å². The molecule has 0 heterocycles. The van der Waals surface area contributed by atoms with Gasteiger partial charge in [0.2, 0.25) is 0 Å². The number of ketones is 1. The van der Waals surface area contributed by atoms with Crippen molar-refractivity contribution in [2.24, 2.45) is 51.2 Å². The van der Waals surface area contributed by atoms with Crippen LogP contribution < -0.4 is 0 Å². The second-order valence-electron chi connectivity index (χ2n) is 13.4. The maximum Gasteiger partial charge on any atom is 0.302 e. The van der Waals surface area contributed by atoms with Gasteiger partial charge < -0.3 is 14.6 Å². The van der Waals surface area contributed by atoms with Gasteiger partial charge in [-0.15, -0.1) is 0 Å². The number of carbonyl (C=O) groups excluding carboxylic acids is 3. The summed E-state index contributed by atoms with van der Waals surface area (Å²) in [4.78, 5) is 37.4. The molecule has 11 atom stereocenters. The summed E-state index contributed by atoms with van der Waals surface area (Å²) in [5.41, 5.74) is -0.306. The Bertz CT molecular complexity index is 853. The number of aliphatic hydroxyl groups excluding tert-OH is 1. The third-order valence-corrected chi connectivity index (χ3v) is 12.1. The molecular formula is C29H46O5. The van der Waals surface area contributed by atoms with Gasteiger partial charge in [0.1, 0.15) is 18.2 Å². The van der Waals surface area contributed by atoms with Gasteiger partial charge in [0.15, 0.2) is 0 Å². The van der Waals surface area contributed by atoms with E-state index in [1.165, 1.54) is 39.5 Å². The van der Waals surface area contributed by atoms with Crippen LogP contribution >= 0.6 is 0 Å². The lowest BCUT2D eigenvalue weighted by Crippen LogP contribution is -2.69. The van der Waals surface area contributed by atoms with Crippen molar-refractivity contribution in [3.8, 4) is 0 Å². The van der Waals surface area contributed by atoms with Crippen molar-refractivity contribution in [2.45, 2.75) is 112 Å². The first-order valence-electron chi connectivity index (χ1n) is 13.6. The molecule has 4 aliphatic carbocycles. The first-order valence-corrected chi connectivity index (χ1v) is 13.6. The summed E-state index contributed by atoms with van der Waals surface area (Å²) < 4.78 is 5.73. The molecule has 34 heavy (non-hydrogen) atoms. The average molecular weight is 475 g/mol. The van der Waals surface area contributed by atoms with Crippen molar-refractivity contribution in [1.82, 2.24) is 0 Å². The standard InChI is InChI=1S/C29H46O5/c1-8-26(4)11-9-12-27(5)21(26)10-13-28(6)22(27)15-24(33)29(7)19(16-30)25(17(2)31)20(14-23(28)29)34-18(3)32/h16,19-25,33H,8-15H2,1-7H3/t19-,20+,21?,22?,23?,24-,25-,26?,27-,28+,29+/m0/s1. The summed E-state index contributed by atoms with van der Waals surface area (Å²) in [5.74, 6) is -0.906. The fraction of sp³-hybridized carbons (Fsp3) is 0.897. The van der Waals surface area contributed by atoms with E-state index >= 15 is 0 Å². The van der Waals surface area contributed by atoms with Crippen LogP contribution in [0.2, 0.25) is 0 Å². The van der Waals surface area contributed by atoms with Gasteiger partial charge in [0, 0.05) is 18.3 Å². The number of aliphatic hydroxyl groups is 1. The third kappa shape index (κ3) is 3.38. The van der Waals surface area contributed by atoms with Gasteiger partial charge >= 0.3 is 5.97 Å². The zero-order chi connectivity index (χ0) is 25.3. The Morgan fingerprint density at radius 2 is 1.62 bits per heavy atom.